The second-order valence-corrected chi connectivity index (χ2v) is 8.23. The van der Waals surface area contributed by atoms with Gasteiger partial charge in [-0.1, -0.05) is 29.4 Å². The van der Waals surface area contributed by atoms with E-state index in [-0.39, 0.29) is 0 Å². The van der Waals surface area contributed by atoms with Gasteiger partial charge in [0.15, 0.2) is 0 Å². The van der Waals surface area contributed by atoms with Crippen molar-refractivity contribution in [2.75, 3.05) is 18.5 Å². The zero-order valence-corrected chi connectivity index (χ0v) is 16.9. The van der Waals surface area contributed by atoms with Gasteiger partial charge < -0.3 is 0 Å². The Kier molecular flexibility index (Phi) is 4.98. The molecule has 0 bridgehead atoms. The van der Waals surface area contributed by atoms with E-state index in [0.29, 0.717) is 10.5 Å². The summed E-state index contributed by atoms with van der Waals surface area (Å²) in [7, 11) is 8.66. The van der Waals surface area contributed by atoms with E-state index < -0.39 is 0 Å². The van der Waals surface area contributed by atoms with Gasteiger partial charge in [0.1, 0.15) is 0 Å². The van der Waals surface area contributed by atoms with Crippen molar-refractivity contribution in [3.8, 4) is 0 Å². The molecule has 0 aromatic heterocycles. The maximum absolute atomic E-state index is 2.91. The molecule has 5 unspecified atom stereocenters. The zero-order chi connectivity index (χ0) is 15.1. The Morgan fingerprint density at radius 2 is 1.62 bits per heavy atom. The van der Waals surface area contributed by atoms with Gasteiger partial charge in [0, 0.05) is 0 Å². The van der Waals surface area contributed by atoms with Crippen LogP contribution in [0.3, 0.4) is 0 Å². The van der Waals surface area contributed by atoms with Crippen molar-refractivity contribution in [2.24, 2.45) is 0 Å². The smallest absolute Gasteiger partial charge is 0.0522 e. The van der Waals surface area contributed by atoms with Gasteiger partial charge in [0.05, 0.1) is 10.5 Å². The Bertz CT molecular complexity index is 634. The van der Waals surface area contributed by atoms with Crippen LogP contribution in [0.2, 0.25) is 0 Å². The Labute approximate surface area is 139 Å². The molecule has 0 fully saturated rings. The van der Waals surface area contributed by atoms with Crippen molar-refractivity contribution in [1.29, 1.82) is 0 Å². The highest BCUT2D eigenvalue weighted by atomic mass is 32.2. The minimum atomic E-state index is 0.560. The first-order valence-electron chi connectivity index (χ1n) is 7.40. The normalized spacial score (nSPS) is 28.1. The van der Waals surface area contributed by atoms with Gasteiger partial charge in [-0.05, 0) is 60.2 Å². The molecule has 112 valence electrons. The lowest BCUT2D eigenvalue weighted by molar-refractivity contribution is 1.07. The molecule has 0 N–H and O–H groups in total. The average Bonchev–Trinajstić information content (AvgIpc) is 2.87. The fourth-order valence-electron chi connectivity index (χ4n) is 3.48. The maximum Gasteiger partial charge on any atom is 0.0522 e. The average molecular weight is 352 g/mol. The molecule has 1 aliphatic heterocycles. The van der Waals surface area contributed by atoms with Crippen LogP contribution in [0.1, 0.15) is 13.8 Å². The zero-order valence-electron chi connectivity index (χ0n) is 12.6. The number of rotatable bonds is 3. The van der Waals surface area contributed by atoms with Crippen LogP contribution in [0.25, 0.3) is 0 Å². The summed E-state index contributed by atoms with van der Waals surface area (Å²) in [5.74, 6) is 0. The van der Waals surface area contributed by atoms with Crippen LogP contribution in [0, 0.1) is 0 Å². The van der Waals surface area contributed by atoms with Gasteiger partial charge in [-0.2, -0.15) is 0 Å². The summed E-state index contributed by atoms with van der Waals surface area (Å²) in [4.78, 5) is 0. The lowest BCUT2D eigenvalue weighted by atomic mass is 9.84. The van der Waals surface area contributed by atoms with E-state index in [2.05, 4.69) is 71.6 Å². The van der Waals surface area contributed by atoms with Crippen molar-refractivity contribution in [2.45, 2.75) is 24.3 Å². The van der Waals surface area contributed by atoms with Crippen LogP contribution in [0.15, 0.2) is 57.2 Å². The minimum absolute atomic E-state index is 0.560. The third-order valence-corrected chi connectivity index (χ3v) is 7.81. The maximum atomic E-state index is 2.91. The van der Waals surface area contributed by atoms with Gasteiger partial charge in [0.2, 0.25) is 0 Å². The Morgan fingerprint density at radius 1 is 0.905 bits per heavy atom. The summed E-state index contributed by atoms with van der Waals surface area (Å²) >= 11 is 2.13. The van der Waals surface area contributed by atoms with Crippen LogP contribution >= 0.6 is 39.5 Å². The molecule has 3 aliphatic rings. The Balaban J connectivity index is 2.10. The van der Waals surface area contributed by atoms with E-state index in [1.54, 1.807) is 27.9 Å². The van der Waals surface area contributed by atoms with Crippen LogP contribution < -0.4 is 0 Å². The first kappa shape index (κ1) is 16.2. The summed E-state index contributed by atoms with van der Waals surface area (Å²) in [6.45, 7) is 4.65. The Morgan fingerprint density at radius 3 is 2.24 bits per heavy atom. The molecule has 0 saturated heterocycles. The molecule has 0 spiro atoms. The highest BCUT2D eigenvalue weighted by Gasteiger charge is 2.38. The SMILES string of the molecule is CC1=C(CP)C=CC2=C3C=C(CP)C(CP)=C(C)C3SC12. The van der Waals surface area contributed by atoms with Crippen LogP contribution in [-0.2, 0) is 0 Å². The van der Waals surface area contributed by atoms with E-state index in [4.69, 9.17) is 0 Å². The van der Waals surface area contributed by atoms with Crippen molar-refractivity contribution in [3.05, 3.63) is 57.2 Å². The fourth-order valence-corrected chi connectivity index (χ4v) is 6.57. The van der Waals surface area contributed by atoms with E-state index in [1.807, 2.05) is 0 Å². The molecule has 21 heavy (non-hydrogen) atoms. The lowest BCUT2D eigenvalue weighted by Gasteiger charge is -2.25. The fraction of sp³-hybridized carbons (Fsp3) is 0.412. The lowest BCUT2D eigenvalue weighted by Crippen LogP contribution is -2.15. The molecule has 4 heteroatoms. The van der Waals surface area contributed by atoms with Crippen LogP contribution in [0.4, 0.5) is 0 Å². The van der Waals surface area contributed by atoms with Gasteiger partial charge in [-0.15, -0.1) is 39.5 Å². The number of allylic oxidation sites excluding steroid dienone is 6. The first-order chi connectivity index (χ1) is 10.1. The highest BCUT2D eigenvalue weighted by molar-refractivity contribution is 8.01. The molecule has 2 aliphatic carbocycles. The van der Waals surface area contributed by atoms with Crippen molar-refractivity contribution in [1.82, 2.24) is 0 Å². The third-order valence-electron chi connectivity index (χ3n) is 4.76. The summed E-state index contributed by atoms with van der Waals surface area (Å²) in [6.07, 6.45) is 10.3. The number of thioether (sulfide) groups is 1. The second-order valence-electron chi connectivity index (χ2n) is 5.79. The van der Waals surface area contributed by atoms with Gasteiger partial charge >= 0.3 is 0 Å². The molecule has 0 saturated carbocycles. The van der Waals surface area contributed by atoms with E-state index in [9.17, 15) is 0 Å². The molecule has 0 radical (unpaired) electrons. The van der Waals surface area contributed by atoms with Gasteiger partial charge in [0.25, 0.3) is 0 Å². The van der Waals surface area contributed by atoms with Crippen molar-refractivity contribution < 1.29 is 0 Å². The summed E-state index contributed by atoms with van der Waals surface area (Å²) < 4.78 is 0. The standard InChI is InChI=1S/C17H23P3S/c1-9-11(6-18)3-4-13-14-5-12(7-19)15(8-20)10(2)17(14)21-16(9)13/h3-5,16-17H,6-8,18-20H2,1-2H3. The predicted molar refractivity (Wildman–Crippen MR) is 109 cm³/mol. The van der Waals surface area contributed by atoms with E-state index >= 15 is 0 Å². The summed E-state index contributed by atoms with van der Waals surface area (Å²) in [6, 6.07) is 0. The predicted octanol–water partition coefficient (Wildman–Crippen LogP) is 4.54. The molecule has 5 atom stereocenters. The molecule has 0 amide bonds. The topological polar surface area (TPSA) is 0 Å². The van der Waals surface area contributed by atoms with Gasteiger partial charge in [-0.3, -0.25) is 0 Å². The third kappa shape index (κ3) is 2.60. The van der Waals surface area contributed by atoms with E-state index in [0.717, 1.165) is 18.5 Å². The molecule has 0 aromatic rings. The summed E-state index contributed by atoms with van der Waals surface area (Å²) in [5, 5.41) is 1.12. The Hall–Kier alpha value is 0.340. The van der Waals surface area contributed by atoms with Crippen LogP contribution in [0.5, 0.6) is 0 Å². The van der Waals surface area contributed by atoms with Crippen molar-refractivity contribution in [3.63, 3.8) is 0 Å². The molecular weight excluding hydrogens is 329 g/mol. The van der Waals surface area contributed by atoms with Crippen LogP contribution in [-0.4, -0.2) is 29.0 Å². The van der Waals surface area contributed by atoms with E-state index in [1.165, 1.54) is 11.1 Å². The first-order valence-corrected chi connectivity index (χ1v) is 10.8. The number of hydrogen-bond acceptors (Lipinski definition) is 1. The molecule has 1 heterocycles. The molecular formula is C17H23P3S. The number of hydrogen-bond donors (Lipinski definition) is 0. The largest absolute Gasteiger partial charge is 0.137 e. The quantitative estimate of drug-likeness (QED) is 0.672. The molecule has 0 nitrogen and oxygen atoms in total. The highest BCUT2D eigenvalue weighted by Crippen LogP contribution is 2.51. The number of fused-ring (bicyclic) bond motifs is 2. The van der Waals surface area contributed by atoms with Crippen molar-refractivity contribution >= 4 is 39.5 Å². The second kappa shape index (κ2) is 6.45. The monoisotopic (exact) mass is 352 g/mol. The minimum Gasteiger partial charge on any atom is -0.137 e. The van der Waals surface area contributed by atoms with Gasteiger partial charge in [-0.25, -0.2) is 0 Å². The summed E-state index contributed by atoms with van der Waals surface area (Å²) in [5.41, 5.74) is 10.8. The molecule has 3 rings (SSSR count). The molecule has 0 aromatic carbocycles.